The second kappa shape index (κ2) is 8.44. The molecular formula is C20H24N6O. The first-order valence-corrected chi connectivity index (χ1v) is 9.02. The van der Waals surface area contributed by atoms with Crippen molar-refractivity contribution in [3.05, 3.63) is 60.4 Å². The molecule has 27 heavy (non-hydrogen) atoms. The minimum Gasteiger partial charge on any atom is -0.368 e. The highest BCUT2D eigenvalue weighted by molar-refractivity contribution is 5.95. The molecule has 1 amide bonds. The molecule has 0 saturated heterocycles. The molecule has 2 heterocycles. The van der Waals surface area contributed by atoms with Crippen molar-refractivity contribution < 1.29 is 4.79 Å². The number of hydrogen-bond acceptors (Lipinski definition) is 5. The largest absolute Gasteiger partial charge is 0.368 e. The zero-order chi connectivity index (χ0) is 19.2. The lowest BCUT2D eigenvalue weighted by Crippen LogP contribution is -2.25. The molecule has 0 spiro atoms. The van der Waals surface area contributed by atoms with E-state index in [1.54, 1.807) is 18.5 Å². The monoisotopic (exact) mass is 364 g/mol. The van der Waals surface area contributed by atoms with E-state index in [2.05, 4.69) is 38.7 Å². The van der Waals surface area contributed by atoms with Crippen molar-refractivity contribution in [1.82, 2.24) is 24.8 Å². The molecule has 0 atom stereocenters. The number of nitrogens with one attached hydrogen (secondary N) is 1. The Morgan fingerprint density at radius 2 is 1.96 bits per heavy atom. The molecule has 3 aromatic rings. The van der Waals surface area contributed by atoms with Crippen LogP contribution >= 0.6 is 0 Å². The topological polar surface area (TPSA) is 98.7 Å². The van der Waals surface area contributed by atoms with Crippen molar-refractivity contribution in [3.8, 4) is 11.1 Å². The quantitative estimate of drug-likeness (QED) is 0.628. The lowest BCUT2D eigenvalue weighted by Gasteiger charge is -2.11. The third-order valence-corrected chi connectivity index (χ3v) is 4.26. The Kier molecular flexibility index (Phi) is 5.80. The number of aromatic nitrogens is 4. The number of nitrogens with two attached hydrogens (primary N) is 1. The van der Waals surface area contributed by atoms with Crippen LogP contribution in [0.1, 0.15) is 42.4 Å². The van der Waals surface area contributed by atoms with Crippen LogP contribution in [0.2, 0.25) is 0 Å². The van der Waals surface area contributed by atoms with Crippen molar-refractivity contribution in [2.75, 3.05) is 12.3 Å². The summed E-state index contributed by atoms with van der Waals surface area (Å²) in [7, 11) is 0. The van der Waals surface area contributed by atoms with E-state index in [1.165, 1.54) is 0 Å². The van der Waals surface area contributed by atoms with Crippen molar-refractivity contribution in [2.24, 2.45) is 0 Å². The number of rotatable bonds is 7. The average molecular weight is 364 g/mol. The number of hydrogen-bond donors (Lipinski definition) is 2. The molecule has 0 aliphatic rings. The molecule has 7 nitrogen and oxygen atoms in total. The van der Waals surface area contributed by atoms with Crippen LogP contribution in [0.25, 0.3) is 11.1 Å². The van der Waals surface area contributed by atoms with E-state index in [1.807, 2.05) is 30.6 Å². The zero-order valence-corrected chi connectivity index (χ0v) is 15.6. The highest BCUT2D eigenvalue weighted by Crippen LogP contribution is 2.19. The van der Waals surface area contributed by atoms with Crippen LogP contribution in [0, 0.1) is 0 Å². The van der Waals surface area contributed by atoms with Crippen molar-refractivity contribution in [2.45, 2.75) is 32.7 Å². The number of carbonyl (C=O) groups is 1. The number of carbonyl (C=O) groups excluding carboxylic acids is 1. The SMILES string of the molecule is CC(C)c1nccn1CCCNC(=O)c1cccc(-c2cnc(N)nc2)c1. The molecule has 0 bridgehead atoms. The summed E-state index contributed by atoms with van der Waals surface area (Å²) in [5, 5.41) is 2.97. The van der Waals surface area contributed by atoms with Gasteiger partial charge in [-0.15, -0.1) is 0 Å². The van der Waals surface area contributed by atoms with Crippen LogP contribution in [-0.4, -0.2) is 32.0 Å². The van der Waals surface area contributed by atoms with Gasteiger partial charge in [0.15, 0.2) is 0 Å². The van der Waals surface area contributed by atoms with Gasteiger partial charge < -0.3 is 15.6 Å². The van der Waals surface area contributed by atoms with Gasteiger partial charge in [0.25, 0.3) is 5.91 Å². The van der Waals surface area contributed by atoms with E-state index < -0.39 is 0 Å². The maximum Gasteiger partial charge on any atom is 0.251 e. The normalized spacial score (nSPS) is 10.9. The predicted molar refractivity (Wildman–Crippen MR) is 105 cm³/mol. The number of anilines is 1. The molecule has 2 aromatic heterocycles. The van der Waals surface area contributed by atoms with Crippen LogP contribution in [0.5, 0.6) is 0 Å². The van der Waals surface area contributed by atoms with Gasteiger partial charge in [-0.25, -0.2) is 15.0 Å². The fraction of sp³-hybridized carbons (Fsp3) is 0.300. The van der Waals surface area contributed by atoms with Gasteiger partial charge in [0.1, 0.15) is 5.82 Å². The minimum absolute atomic E-state index is 0.0945. The average Bonchev–Trinajstić information content (AvgIpc) is 3.14. The molecule has 0 saturated carbocycles. The molecule has 1 aromatic carbocycles. The Labute approximate surface area is 158 Å². The minimum atomic E-state index is -0.0945. The summed E-state index contributed by atoms with van der Waals surface area (Å²) in [5.74, 6) is 1.59. The Balaban J connectivity index is 1.56. The summed E-state index contributed by atoms with van der Waals surface area (Å²) < 4.78 is 2.14. The molecule has 0 radical (unpaired) electrons. The Bertz CT molecular complexity index is 901. The summed E-state index contributed by atoms with van der Waals surface area (Å²) in [4.78, 5) is 24.8. The predicted octanol–water partition coefficient (Wildman–Crippen LogP) is 2.87. The van der Waals surface area contributed by atoms with Crippen LogP contribution in [-0.2, 0) is 6.54 Å². The first-order valence-electron chi connectivity index (χ1n) is 9.02. The Morgan fingerprint density at radius 1 is 1.19 bits per heavy atom. The third kappa shape index (κ3) is 4.69. The Hall–Kier alpha value is -3.22. The van der Waals surface area contributed by atoms with Crippen molar-refractivity contribution in [3.63, 3.8) is 0 Å². The molecule has 0 fully saturated rings. The summed E-state index contributed by atoms with van der Waals surface area (Å²) in [6.07, 6.45) is 7.94. The highest BCUT2D eigenvalue weighted by atomic mass is 16.1. The van der Waals surface area contributed by atoms with Gasteiger partial charge in [0.2, 0.25) is 5.95 Å². The first kappa shape index (κ1) is 18.6. The van der Waals surface area contributed by atoms with Gasteiger partial charge in [-0.2, -0.15) is 0 Å². The maximum atomic E-state index is 12.4. The zero-order valence-electron chi connectivity index (χ0n) is 15.6. The molecule has 0 unspecified atom stereocenters. The van der Waals surface area contributed by atoms with Gasteiger partial charge in [0, 0.05) is 54.9 Å². The molecule has 3 rings (SSSR count). The first-order chi connectivity index (χ1) is 13.0. The molecule has 7 heteroatoms. The van der Waals surface area contributed by atoms with Gasteiger partial charge in [-0.3, -0.25) is 4.79 Å². The molecule has 3 N–H and O–H groups in total. The van der Waals surface area contributed by atoms with Crippen LogP contribution in [0.3, 0.4) is 0 Å². The number of amides is 1. The molecule has 0 aliphatic carbocycles. The standard InChI is InChI=1S/C20H24N6O/c1-14(2)18-22-8-10-26(18)9-4-7-23-19(27)16-6-3-5-15(11-16)17-12-24-20(21)25-13-17/h3,5-6,8,10-14H,4,7,9H2,1-2H3,(H,23,27)(H2,21,24,25). The lowest BCUT2D eigenvalue weighted by atomic mass is 10.1. The van der Waals surface area contributed by atoms with Gasteiger partial charge in [0.05, 0.1) is 0 Å². The van der Waals surface area contributed by atoms with E-state index in [4.69, 9.17) is 5.73 Å². The van der Waals surface area contributed by atoms with Crippen LogP contribution in [0.15, 0.2) is 49.1 Å². The smallest absolute Gasteiger partial charge is 0.251 e. The number of nitrogen functional groups attached to an aromatic ring is 1. The Morgan fingerprint density at radius 3 is 2.70 bits per heavy atom. The highest BCUT2D eigenvalue weighted by Gasteiger charge is 2.09. The number of aryl methyl sites for hydroxylation is 1. The number of imidazole rings is 1. The fourth-order valence-electron chi connectivity index (χ4n) is 2.89. The number of nitrogens with zero attached hydrogens (tertiary/aromatic N) is 4. The van der Waals surface area contributed by atoms with Crippen LogP contribution < -0.4 is 11.1 Å². The summed E-state index contributed by atoms with van der Waals surface area (Å²) in [6, 6.07) is 7.39. The molecule has 0 aliphatic heterocycles. The van der Waals surface area contributed by atoms with E-state index >= 15 is 0 Å². The number of benzene rings is 1. The van der Waals surface area contributed by atoms with E-state index in [-0.39, 0.29) is 11.9 Å². The molecule has 140 valence electrons. The van der Waals surface area contributed by atoms with Crippen LogP contribution in [0.4, 0.5) is 5.95 Å². The summed E-state index contributed by atoms with van der Waals surface area (Å²) in [6.45, 7) is 5.68. The third-order valence-electron chi connectivity index (χ3n) is 4.26. The summed E-state index contributed by atoms with van der Waals surface area (Å²) >= 11 is 0. The second-order valence-corrected chi connectivity index (χ2v) is 6.65. The van der Waals surface area contributed by atoms with Gasteiger partial charge in [-0.05, 0) is 24.1 Å². The maximum absolute atomic E-state index is 12.4. The van der Waals surface area contributed by atoms with Crippen molar-refractivity contribution in [1.29, 1.82) is 0 Å². The summed E-state index contributed by atoms with van der Waals surface area (Å²) in [5.41, 5.74) is 7.82. The van der Waals surface area contributed by atoms with Gasteiger partial charge >= 0.3 is 0 Å². The van der Waals surface area contributed by atoms with E-state index in [0.29, 0.717) is 18.0 Å². The van der Waals surface area contributed by atoms with Gasteiger partial charge in [-0.1, -0.05) is 26.0 Å². The fourth-order valence-corrected chi connectivity index (χ4v) is 2.89. The van der Waals surface area contributed by atoms with E-state index in [9.17, 15) is 4.79 Å². The van der Waals surface area contributed by atoms with Crippen molar-refractivity contribution >= 4 is 11.9 Å². The molecular weight excluding hydrogens is 340 g/mol. The second-order valence-electron chi connectivity index (χ2n) is 6.65. The lowest BCUT2D eigenvalue weighted by molar-refractivity contribution is 0.0952. The van der Waals surface area contributed by atoms with E-state index in [0.717, 1.165) is 29.9 Å².